The number of nitrogens with zero attached hydrogens (tertiary/aromatic N) is 3. The quantitative estimate of drug-likeness (QED) is 0.930. The molecule has 24 heavy (non-hydrogen) atoms. The van der Waals surface area contributed by atoms with Crippen LogP contribution in [0.1, 0.15) is 16.8 Å². The molecule has 3 rings (SSSR count). The van der Waals surface area contributed by atoms with Gasteiger partial charge in [0.2, 0.25) is 0 Å². The molecule has 1 aromatic carbocycles. The van der Waals surface area contributed by atoms with Gasteiger partial charge in [-0.2, -0.15) is 5.10 Å². The van der Waals surface area contributed by atoms with Gasteiger partial charge in [-0.15, -0.1) is 0 Å². The van der Waals surface area contributed by atoms with E-state index in [9.17, 15) is 18.4 Å². The van der Waals surface area contributed by atoms with Gasteiger partial charge in [0, 0.05) is 38.0 Å². The van der Waals surface area contributed by atoms with Gasteiger partial charge in [-0.25, -0.2) is 8.78 Å². The summed E-state index contributed by atoms with van der Waals surface area (Å²) in [7, 11) is 1.59. The number of carbonyl (C=O) groups excluding carboxylic acids is 1. The fraction of sp³-hybridized carbons (Fsp3) is 0.312. The lowest BCUT2D eigenvalue weighted by atomic mass is 10.1. The average Bonchev–Trinajstić information content (AvgIpc) is 3.13. The number of amides is 1. The first-order chi connectivity index (χ1) is 11.4. The summed E-state index contributed by atoms with van der Waals surface area (Å²) < 4.78 is 28.5. The topological polar surface area (TPSA) is 75.4 Å². The van der Waals surface area contributed by atoms with Crippen LogP contribution >= 0.6 is 0 Å². The molecule has 0 spiro atoms. The molecule has 1 aromatic heterocycles. The predicted molar refractivity (Wildman–Crippen MR) is 80.2 cm³/mol. The molecule has 0 radical (unpaired) electrons. The molecule has 1 N–H and O–H groups in total. The zero-order valence-corrected chi connectivity index (χ0v) is 12.9. The van der Waals surface area contributed by atoms with Gasteiger partial charge >= 0.3 is 5.97 Å². The van der Waals surface area contributed by atoms with Gasteiger partial charge in [-0.1, -0.05) is 0 Å². The Morgan fingerprint density at radius 1 is 1.33 bits per heavy atom. The number of halogens is 2. The highest BCUT2D eigenvalue weighted by Gasteiger charge is 2.33. The third kappa shape index (κ3) is 2.86. The highest BCUT2D eigenvalue weighted by atomic mass is 19.1. The van der Waals surface area contributed by atoms with Crippen molar-refractivity contribution < 1.29 is 23.5 Å². The van der Waals surface area contributed by atoms with Crippen molar-refractivity contribution in [3.63, 3.8) is 0 Å². The van der Waals surface area contributed by atoms with Gasteiger partial charge in [0.05, 0.1) is 11.5 Å². The number of carbonyl (C=O) groups is 2. The monoisotopic (exact) mass is 335 g/mol. The maximum Gasteiger partial charge on any atom is 0.308 e. The largest absolute Gasteiger partial charge is 0.481 e. The molecule has 8 heteroatoms. The Balaban J connectivity index is 1.95. The molecule has 0 bridgehead atoms. The Bertz CT molecular complexity index is 819. The van der Waals surface area contributed by atoms with Crippen LogP contribution in [-0.2, 0) is 11.8 Å². The van der Waals surface area contributed by atoms with Gasteiger partial charge < -0.3 is 10.0 Å². The molecule has 6 nitrogen and oxygen atoms in total. The van der Waals surface area contributed by atoms with Gasteiger partial charge in [-0.3, -0.25) is 14.3 Å². The SMILES string of the molecule is Cn1cc(C(=O)N2CC[C@@H](C(=O)O)C2)c(-c2ccc(F)cc2F)n1. The van der Waals surface area contributed by atoms with E-state index < -0.39 is 29.4 Å². The maximum atomic E-state index is 14.0. The highest BCUT2D eigenvalue weighted by Crippen LogP contribution is 2.28. The minimum atomic E-state index is -0.943. The second-order valence-corrected chi connectivity index (χ2v) is 5.76. The Kier molecular flexibility index (Phi) is 4.04. The summed E-state index contributed by atoms with van der Waals surface area (Å²) in [4.78, 5) is 25.1. The zero-order valence-electron chi connectivity index (χ0n) is 12.9. The fourth-order valence-electron chi connectivity index (χ4n) is 2.84. The molecule has 0 saturated carbocycles. The molecule has 0 aliphatic carbocycles. The van der Waals surface area contributed by atoms with Gasteiger partial charge in [0.25, 0.3) is 5.91 Å². The molecule has 2 aromatic rings. The molecule has 126 valence electrons. The molecule has 1 aliphatic heterocycles. The number of aromatic nitrogens is 2. The van der Waals surface area contributed by atoms with Crippen LogP contribution < -0.4 is 0 Å². The number of carboxylic acid groups (broad SMARTS) is 1. The Morgan fingerprint density at radius 2 is 2.08 bits per heavy atom. The zero-order chi connectivity index (χ0) is 17.4. The molecular formula is C16H15F2N3O3. The molecule has 0 unspecified atom stereocenters. The van der Waals surface area contributed by atoms with Crippen LogP contribution in [0.4, 0.5) is 8.78 Å². The summed E-state index contributed by atoms with van der Waals surface area (Å²) >= 11 is 0. The van der Waals surface area contributed by atoms with Gasteiger partial charge in [0.15, 0.2) is 0 Å². The first kappa shape index (κ1) is 16.1. The number of likely N-dealkylation sites (tertiary alicyclic amines) is 1. The first-order valence-corrected chi connectivity index (χ1v) is 7.38. The summed E-state index contributed by atoms with van der Waals surface area (Å²) in [6.45, 7) is 0.421. The van der Waals surface area contributed by atoms with Crippen LogP contribution in [-0.4, -0.2) is 44.8 Å². The highest BCUT2D eigenvalue weighted by molar-refractivity contribution is 6.00. The first-order valence-electron chi connectivity index (χ1n) is 7.38. The van der Waals surface area contributed by atoms with Crippen LogP contribution in [0, 0.1) is 17.6 Å². The molecule has 1 amide bonds. The lowest BCUT2D eigenvalue weighted by Gasteiger charge is -2.15. The fourth-order valence-corrected chi connectivity index (χ4v) is 2.84. The van der Waals surface area contributed by atoms with Crippen molar-refractivity contribution in [2.24, 2.45) is 13.0 Å². The van der Waals surface area contributed by atoms with Gasteiger partial charge in [0.1, 0.15) is 17.3 Å². The summed E-state index contributed by atoms with van der Waals surface area (Å²) in [5.74, 6) is -3.49. The molecule has 1 atom stereocenters. The van der Waals surface area contributed by atoms with Crippen molar-refractivity contribution in [2.45, 2.75) is 6.42 Å². The number of hydrogen-bond acceptors (Lipinski definition) is 3. The maximum absolute atomic E-state index is 14.0. The summed E-state index contributed by atoms with van der Waals surface area (Å²) in [6, 6.07) is 3.06. The average molecular weight is 335 g/mol. The molecule has 2 heterocycles. The molecule has 1 saturated heterocycles. The van der Waals surface area contributed by atoms with E-state index in [2.05, 4.69) is 5.10 Å². The standard InChI is InChI=1S/C16H15F2N3O3/c1-20-8-12(15(22)21-5-4-9(7-21)16(23)24)14(19-20)11-3-2-10(17)6-13(11)18/h2-3,6,8-9H,4-5,7H2,1H3,(H,23,24)/t9-/m1/s1. The minimum absolute atomic E-state index is 0.0225. The van der Waals surface area contributed by atoms with Crippen molar-refractivity contribution in [3.05, 3.63) is 41.6 Å². The van der Waals surface area contributed by atoms with Crippen molar-refractivity contribution in [2.75, 3.05) is 13.1 Å². The van der Waals surface area contributed by atoms with Crippen LogP contribution in [0.3, 0.4) is 0 Å². The molecule has 1 fully saturated rings. The van der Waals surface area contributed by atoms with Crippen molar-refractivity contribution >= 4 is 11.9 Å². The van der Waals surface area contributed by atoms with E-state index in [1.54, 1.807) is 7.05 Å². The summed E-state index contributed by atoms with van der Waals surface area (Å²) in [5.41, 5.74) is 0.294. The van der Waals surface area contributed by atoms with Crippen molar-refractivity contribution in [1.82, 2.24) is 14.7 Å². The van der Waals surface area contributed by atoms with Crippen molar-refractivity contribution in [3.8, 4) is 11.3 Å². The van der Waals surface area contributed by atoms with E-state index in [-0.39, 0.29) is 23.4 Å². The molecule has 1 aliphatic rings. The second-order valence-electron chi connectivity index (χ2n) is 5.76. The summed E-state index contributed by atoms with van der Waals surface area (Å²) in [6.07, 6.45) is 1.83. The Hall–Kier alpha value is -2.77. The van der Waals surface area contributed by atoms with E-state index >= 15 is 0 Å². The number of aryl methyl sites for hydroxylation is 1. The van der Waals surface area contributed by atoms with Crippen molar-refractivity contribution in [1.29, 1.82) is 0 Å². The van der Waals surface area contributed by atoms with Crippen LogP contribution in [0.15, 0.2) is 24.4 Å². The lowest BCUT2D eigenvalue weighted by Crippen LogP contribution is -2.30. The van der Waals surface area contributed by atoms with Crippen LogP contribution in [0.5, 0.6) is 0 Å². The van der Waals surface area contributed by atoms with Crippen LogP contribution in [0.25, 0.3) is 11.3 Å². The number of benzene rings is 1. The number of hydrogen-bond donors (Lipinski definition) is 1. The van der Waals surface area contributed by atoms with E-state index in [0.717, 1.165) is 12.1 Å². The minimum Gasteiger partial charge on any atom is -0.481 e. The molecular weight excluding hydrogens is 320 g/mol. The smallest absolute Gasteiger partial charge is 0.308 e. The third-order valence-corrected chi connectivity index (χ3v) is 4.07. The van der Waals surface area contributed by atoms with Gasteiger partial charge in [-0.05, 0) is 18.6 Å². The summed E-state index contributed by atoms with van der Waals surface area (Å²) in [5, 5.41) is 13.2. The number of aliphatic carboxylic acids is 1. The normalized spacial score (nSPS) is 17.3. The van der Waals surface area contributed by atoms with E-state index in [1.165, 1.54) is 21.8 Å². The predicted octanol–water partition coefficient (Wildman–Crippen LogP) is 1.91. The van der Waals surface area contributed by atoms with Crippen LogP contribution in [0.2, 0.25) is 0 Å². The van der Waals surface area contributed by atoms with E-state index in [0.29, 0.717) is 13.0 Å². The number of rotatable bonds is 3. The third-order valence-electron chi connectivity index (χ3n) is 4.07. The lowest BCUT2D eigenvalue weighted by molar-refractivity contribution is -0.141. The number of carboxylic acids is 1. The second kappa shape index (κ2) is 6.03. The Labute approximate surface area is 136 Å². The Morgan fingerprint density at radius 3 is 2.71 bits per heavy atom. The van der Waals surface area contributed by atoms with E-state index in [4.69, 9.17) is 5.11 Å². The van der Waals surface area contributed by atoms with E-state index in [1.807, 2.05) is 0 Å².